The van der Waals surface area contributed by atoms with Crippen molar-refractivity contribution in [1.82, 2.24) is 0 Å². The summed E-state index contributed by atoms with van der Waals surface area (Å²) in [5.41, 5.74) is 1.10. The van der Waals surface area contributed by atoms with Gasteiger partial charge in [0.15, 0.2) is 0 Å². The van der Waals surface area contributed by atoms with Crippen molar-refractivity contribution in [3.05, 3.63) is 0 Å². The van der Waals surface area contributed by atoms with E-state index in [1.165, 1.54) is 19.3 Å². The summed E-state index contributed by atoms with van der Waals surface area (Å²) in [4.78, 5) is 0. The van der Waals surface area contributed by atoms with Crippen molar-refractivity contribution in [3.8, 4) is 0 Å². The third kappa shape index (κ3) is 2.48. The van der Waals surface area contributed by atoms with Gasteiger partial charge in [-0.1, -0.05) is 41.5 Å². The quantitative estimate of drug-likeness (QED) is 0.517. The molecule has 1 aliphatic carbocycles. The van der Waals surface area contributed by atoms with Gasteiger partial charge in [0, 0.05) is 0 Å². The first-order valence-electron chi connectivity index (χ1n) is 5.73. The Balaban J connectivity index is 2.61. The largest absolute Gasteiger partial charge is 0.0620 e. The molecule has 78 valence electrons. The second-order valence-electron chi connectivity index (χ2n) is 6.73. The molecule has 0 unspecified atom stereocenters. The molecule has 1 saturated carbocycles. The van der Waals surface area contributed by atoms with Crippen LogP contribution in [-0.2, 0) is 0 Å². The highest BCUT2D eigenvalue weighted by molar-refractivity contribution is 4.88. The summed E-state index contributed by atoms with van der Waals surface area (Å²) >= 11 is 0. The molecule has 0 aromatic rings. The highest BCUT2D eigenvalue weighted by Crippen LogP contribution is 2.47. The van der Waals surface area contributed by atoms with E-state index in [0.29, 0.717) is 10.8 Å². The maximum absolute atomic E-state index is 2.43. The van der Waals surface area contributed by atoms with E-state index in [1.54, 1.807) is 0 Å². The second kappa shape index (κ2) is 3.29. The first kappa shape index (κ1) is 11.1. The first-order chi connectivity index (χ1) is 5.73. The number of rotatable bonds is 0. The highest BCUT2D eigenvalue weighted by atomic mass is 14.4. The van der Waals surface area contributed by atoms with Gasteiger partial charge in [-0.2, -0.15) is 0 Å². The van der Waals surface area contributed by atoms with E-state index in [0.717, 1.165) is 11.8 Å². The van der Waals surface area contributed by atoms with Crippen molar-refractivity contribution in [2.45, 2.75) is 60.8 Å². The molecule has 2 atom stereocenters. The molecule has 0 radical (unpaired) electrons. The minimum absolute atomic E-state index is 0.519. The van der Waals surface area contributed by atoms with Crippen molar-refractivity contribution in [2.24, 2.45) is 22.7 Å². The van der Waals surface area contributed by atoms with E-state index < -0.39 is 0 Å². The van der Waals surface area contributed by atoms with Crippen molar-refractivity contribution >= 4 is 0 Å². The zero-order valence-electron chi connectivity index (χ0n) is 10.3. The topological polar surface area (TPSA) is 0 Å². The standard InChI is InChI=1S/C13H26/c1-10-9-11(12(2,3)4)7-8-13(10,5)6/h10-11H,7-9H2,1-6H3/t10-,11+/m1/s1. The van der Waals surface area contributed by atoms with Gasteiger partial charge in [0.05, 0.1) is 0 Å². The van der Waals surface area contributed by atoms with Gasteiger partial charge < -0.3 is 0 Å². The van der Waals surface area contributed by atoms with Gasteiger partial charge in [-0.3, -0.25) is 0 Å². The fourth-order valence-corrected chi connectivity index (χ4v) is 2.44. The molecule has 1 aliphatic rings. The molecule has 0 heteroatoms. The number of hydrogen-bond acceptors (Lipinski definition) is 0. The summed E-state index contributed by atoms with van der Waals surface area (Å²) in [5.74, 6) is 1.83. The normalized spacial score (nSPS) is 34.6. The maximum atomic E-state index is 2.43. The molecule has 0 aromatic heterocycles. The van der Waals surface area contributed by atoms with Crippen LogP contribution < -0.4 is 0 Å². The summed E-state index contributed by atoms with van der Waals surface area (Å²) in [5, 5.41) is 0. The SMILES string of the molecule is C[C@@H]1C[C@@H](C(C)(C)C)CCC1(C)C. The van der Waals surface area contributed by atoms with E-state index in [1.807, 2.05) is 0 Å². The highest BCUT2D eigenvalue weighted by Gasteiger charge is 2.37. The molecule has 0 bridgehead atoms. The van der Waals surface area contributed by atoms with Gasteiger partial charge in [0.2, 0.25) is 0 Å². The van der Waals surface area contributed by atoms with Crippen molar-refractivity contribution in [1.29, 1.82) is 0 Å². The van der Waals surface area contributed by atoms with Crippen LogP contribution in [0.4, 0.5) is 0 Å². The molecule has 0 saturated heterocycles. The third-order valence-corrected chi connectivity index (χ3v) is 4.33. The molecule has 0 aliphatic heterocycles. The predicted molar refractivity (Wildman–Crippen MR) is 59.7 cm³/mol. The lowest BCUT2D eigenvalue weighted by Crippen LogP contribution is -2.35. The van der Waals surface area contributed by atoms with Crippen LogP contribution in [0, 0.1) is 22.7 Å². The molecule has 0 amide bonds. The Hall–Kier alpha value is 0. The molecule has 0 N–H and O–H groups in total. The Bertz CT molecular complexity index is 171. The van der Waals surface area contributed by atoms with Gasteiger partial charge in [-0.15, -0.1) is 0 Å². The lowest BCUT2D eigenvalue weighted by molar-refractivity contribution is 0.0578. The fourth-order valence-electron chi connectivity index (χ4n) is 2.44. The van der Waals surface area contributed by atoms with Crippen molar-refractivity contribution in [2.75, 3.05) is 0 Å². The minimum Gasteiger partial charge on any atom is -0.0620 e. The Labute approximate surface area is 84.1 Å². The van der Waals surface area contributed by atoms with Crippen LogP contribution in [-0.4, -0.2) is 0 Å². The van der Waals surface area contributed by atoms with E-state index in [4.69, 9.17) is 0 Å². The summed E-state index contributed by atoms with van der Waals surface area (Å²) in [6.07, 6.45) is 4.27. The molecule has 0 nitrogen and oxygen atoms in total. The summed E-state index contributed by atoms with van der Waals surface area (Å²) in [7, 11) is 0. The van der Waals surface area contributed by atoms with E-state index in [2.05, 4.69) is 41.5 Å². The lowest BCUT2D eigenvalue weighted by Gasteiger charge is -2.45. The predicted octanol–water partition coefficient (Wildman–Crippen LogP) is 4.49. The van der Waals surface area contributed by atoms with Gasteiger partial charge in [-0.05, 0) is 41.9 Å². The van der Waals surface area contributed by atoms with Crippen molar-refractivity contribution in [3.63, 3.8) is 0 Å². The van der Waals surface area contributed by atoms with E-state index in [-0.39, 0.29) is 0 Å². The van der Waals surface area contributed by atoms with Crippen LogP contribution in [0.1, 0.15) is 60.8 Å². The molecule has 1 fully saturated rings. The third-order valence-electron chi connectivity index (χ3n) is 4.33. The molecule has 0 aromatic carbocycles. The van der Waals surface area contributed by atoms with Gasteiger partial charge in [-0.25, -0.2) is 0 Å². The van der Waals surface area contributed by atoms with Crippen LogP contribution in [0.5, 0.6) is 0 Å². The summed E-state index contributed by atoms with van der Waals surface area (Å²) < 4.78 is 0. The van der Waals surface area contributed by atoms with Gasteiger partial charge in [0.25, 0.3) is 0 Å². The Morgan fingerprint density at radius 1 is 1.15 bits per heavy atom. The smallest absolute Gasteiger partial charge is 0.0328 e. The molecule has 0 spiro atoms. The zero-order valence-corrected chi connectivity index (χ0v) is 10.3. The Morgan fingerprint density at radius 2 is 1.69 bits per heavy atom. The van der Waals surface area contributed by atoms with Gasteiger partial charge in [0.1, 0.15) is 0 Å². The summed E-state index contributed by atoms with van der Waals surface area (Å²) in [6.45, 7) is 14.5. The van der Waals surface area contributed by atoms with Crippen LogP contribution in [0.25, 0.3) is 0 Å². The van der Waals surface area contributed by atoms with Crippen LogP contribution in [0.3, 0.4) is 0 Å². The molecular weight excluding hydrogens is 156 g/mol. The minimum atomic E-state index is 0.519. The molecular formula is C13H26. The molecule has 13 heavy (non-hydrogen) atoms. The molecule has 1 rings (SSSR count). The van der Waals surface area contributed by atoms with Crippen LogP contribution in [0.15, 0.2) is 0 Å². The first-order valence-corrected chi connectivity index (χ1v) is 5.73. The average Bonchev–Trinajstić information content (AvgIpc) is 1.92. The van der Waals surface area contributed by atoms with Crippen molar-refractivity contribution < 1.29 is 0 Å². The Kier molecular flexibility index (Phi) is 2.81. The monoisotopic (exact) mass is 182 g/mol. The zero-order chi connectivity index (χ0) is 10.3. The van der Waals surface area contributed by atoms with E-state index >= 15 is 0 Å². The van der Waals surface area contributed by atoms with E-state index in [9.17, 15) is 0 Å². The fraction of sp³-hybridized carbons (Fsp3) is 1.00. The van der Waals surface area contributed by atoms with Gasteiger partial charge >= 0.3 is 0 Å². The lowest BCUT2D eigenvalue weighted by atomic mass is 9.61. The number of hydrogen-bond donors (Lipinski definition) is 0. The second-order valence-corrected chi connectivity index (χ2v) is 6.73. The Morgan fingerprint density at radius 3 is 2.08 bits per heavy atom. The maximum Gasteiger partial charge on any atom is -0.0328 e. The summed E-state index contributed by atoms with van der Waals surface area (Å²) in [6, 6.07) is 0. The average molecular weight is 182 g/mol. The molecule has 0 heterocycles. The van der Waals surface area contributed by atoms with Crippen LogP contribution >= 0.6 is 0 Å². The van der Waals surface area contributed by atoms with Crippen LogP contribution in [0.2, 0.25) is 0 Å².